The van der Waals surface area contributed by atoms with E-state index in [0.717, 1.165) is 38.9 Å². The van der Waals surface area contributed by atoms with Gasteiger partial charge < -0.3 is 10.2 Å². The highest BCUT2D eigenvalue weighted by molar-refractivity contribution is 7.89. The minimum absolute atomic E-state index is 0.0192. The van der Waals surface area contributed by atoms with Gasteiger partial charge in [-0.25, -0.2) is 8.42 Å². The first-order chi connectivity index (χ1) is 12.5. The van der Waals surface area contributed by atoms with Crippen LogP contribution in [0.1, 0.15) is 42.5 Å². The molecular weight excluding hydrogens is 374 g/mol. The smallest absolute Gasteiger partial charge is 0.251 e. The maximum absolute atomic E-state index is 12.7. The number of hydrogen-bond donors (Lipinski definition) is 1. The van der Waals surface area contributed by atoms with E-state index in [1.807, 2.05) is 0 Å². The number of rotatable bonds is 7. The summed E-state index contributed by atoms with van der Waals surface area (Å²) in [5.41, 5.74) is 0.327. The molecule has 2 fully saturated rings. The van der Waals surface area contributed by atoms with E-state index in [-0.39, 0.29) is 15.8 Å². The molecule has 0 saturated carbocycles. The molecule has 2 heterocycles. The van der Waals surface area contributed by atoms with Crippen LogP contribution in [0.2, 0.25) is 5.02 Å². The Morgan fingerprint density at radius 1 is 1.08 bits per heavy atom. The van der Waals surface area contributed by atoms with E-state index in [2.05, 4.69) is 10.2 Å². The molecule has 6 nitrogen and oxygen atoms in total. The Bertz CT molecular complexity index is 742. The lowest BCUT2D eigenvalue weighted by Crippen LogP contribution is -2.30. The molecule has 8 heteroatoms. The van der Waals surface area contributed by atoms with Crippen LogP contribution in [-0.2, 0) is 10.0 Å². The molecule has 1 aromatic rings. The van der Waals surface area contributed by atoms with Gasteiger partial charge in [-0.2, -0.15) is 4.31 Å². The summed E-state index contributed by atoms with van der Waals surface area (Å²) in [6.45, 7) is 4.85. The Kier molecular flexibility index (Phi) is 6.55. The van der Waals surface area contributed by atoms with Crippen LogP contribution in [0.5, 0.6) is 0 Å². The van der Waals surface area contributed by atoms with Crippen molar-refractivity contribution in [3.05, 3.63) is 28.8 Å². The van der Waals surface area contributed by atoms with E-state index in [1.165, 1.54) is 29.3 Å². The molecule has 2 saturated heterocycles. The zero-order valence-electron chi connectivity index (χ0n) is 14.9. The van der Waals surface area contributed by atoms with Gasteiger partial charge in [0.1, 0.15) is 4.90 Å². The van der Waals surface area contributed by atoms with Gasteiger partial charge in [-0.3, -0.25) is 4.79 Å². The number of halogens is 1. The number of carbonyl (C=O) groups excluding carboxylic acids is 1. The molecule has 0 aliphatic carbocycles. The Hall–Kier alpha value is -1.15. The van der Waals surface area contributed by atoms with Crippen LogP contribution in [0.15, 0.2) is 23.1 Å². The first kappa shape index (κ1) is 19.6. The van der Waals surface area contributed by atoms with Crippen molar-refractivity contribution in [1.29, 1.82) is 0 Å². The number of carbonyl (C=O) groups is 1. The highest BCUT2D eigenvalue weighted by Crippen LogP contribution is 2.28. The van der Waals surface area contributed by atoms with Crippen molar-refractivity contribution in [3.8, 4) is 0 Å². The highest BCUT2D eigenvalue weighted by Gasteiger charge is 2.29. The predicted molar refractivity (Wildman–Crippen MR) is 102 cm³/mol. The topological polar surface area (TPSA) is 69.7 Å². The van der Waals surface area contributed by atoms with Crippen molar-refractivity contribution in [1.82, 2.24) is 14.5 Å². The molecule has 2 aliphatic heterocycles. The van der Waals surface area contributed by atoms with Gasteiger partial charge in [0.2, 0.25) is 10.0 Å². The van der Waals surface area contributed by atoms with E-state index in [4.69, 9.17) is 11.6 Å². The number of amides is 1. The van der Waals surface area contributed by atoms with Crippen LogP contribution in [0.25, 0.3) is 0 Å². The van der Waals surface area contributed by atoms with Crippen molar-refractivity contribution >= 4 is 27.5 Å². The normalized spacial score (nSPS) is 19.1. The summed E-state index contributed by atoms with van der Waals surface area (Å²) < 4.78 is 26.9. The van der Waals surface area contributed by atoms with Crippen molar-refractivity contribution < 1.29 is 13.2 Å². The third-order valence-corrected chi connectivity index (χ3v) is 7.39. The minimum atomic E-state index is -3.65. The second kappa shape index (κ2) is 8.69. The van der Waals surface area contributed by atoms with Gasteiger partial charge in [0, 0.05) is 25.2 Å². The molecule has 0 bridgehead atoms. The summed E-state index contributed by atoms with van der Waals surface area (Å²) in [7, 11) is -3.65. The molecule has 0 unspecified atom stereocenters. The summed E-state index contributed by atoms with van der Waals surface area (Å²) in [4.78, 5) is 14.8. The molecule has 2 aliphatic rings. The van der Waals surface area contributed by atoms with Crippen molar-refractivity contribution in [3.63, 3.8) is 0 Å². The summed E-state index contributed by atoms with van der Waals surface area (Å²) in [5.74, 6) is -0.263. The van der Waals surface area contributed by atoms with Gasteiger partial charge in [-0.1, -0.05) is 11.6 Å². The van der Waals surface area contributed by atoms with Gasteiger partial charge in [0.15, 0.2) is 0 Å². The molecule has 1 amide bonds. The van der Waals surface area contributed by atoms with Crippen LogP contribution >= 0.6 is 11.6 Å². The van der Waals surface area contributed by atoms with Crippen LogP contribution < -0.4 is 5.32 Å². The van der Waals surface area contributed by atoms with E-state index in [9.17, 15) is 13.2 Å². The van der Waals surface area contributed by atoms with Gasteiger partial charge in [-0.05, 0) is 69.9 Å². The van der Waals surface area contributed by atoms with E-state index in [0.29, 0.717) is 25.2 Å². The maximum Gasteiger partial charge on any atom is 0.251 e. The lowest BCUT2D eigenvalue weighted by molar-refractivity contribution is 0.0952. The fourth-order valence-corrected chi connectivity index (χ4v) is 5.54. The fourth-order valence-electron chi connectivity index (χ4n) is 3.52. The molecular formula is C18H26ClN3O3S. The quantitative estimate of drug-likeness (QED) is 0.714. The zero-order chi connectivity index (χ0) is 18.6. The molecule has 26 heavy (non-hydrogen) atoms. The standard InChI is InChI=1S/C18H26ClN3O3S/c19-16-7-6-15(14-17(16)26(24,25)22-12-3-4-13-22)18(23)20-8-5-11-21-9-1-2-10-21/h6-7,14H,1-5,8-13H2,(H,20,23). The molecule has 3 rings (SSSR count). The fraction of sp³-hybridized carbons (Fsp3) is 0.611. The second-order valence-electron chi connectivity index (χ2n) is 6.91. The van der Waals surface area contributed by atoms with Crippen LogP contribution in [0, 0.1) is 0 Å². The number of benzene rings is 1. The lowest BCUT2D eigenvalue weighted by atomic mass is 10.2. The molecule has 1 N–H and O–H groups in total. The first-order valence-electron chi connectivity index (χ1n) is 9.29. The summed E-state index contributed by atoms with van der Waals surface area (Å²) >= 11 is 6.12. The number of hydrogen-bond acceptors (Lipinski definition) is 4. The van der Waals surface area contributed by atoms with E-state index in [1.54, 1.807) is 6.07 Å². The van der Waals surface area contributed by atoms with E-state index < -0.39 is 10.0 Å². The van der Waals surface area contributed by atoms with E-state index >= 15 is 0 Å². The Morgan fingerprint density at radius 3 is 2.42 bits per heavy atom. The average Bonchev–Trinajstić information content (AvgIpc) is 3.32. The van der Waals surface area contributed by atoms with Crippen LogP contribution in [-0.4, -0.2) is 62.8 Å². The SMILES string of the molecule is O=C(NCCCN1CCCC1)c1ccc(Cl)c(S(=O)(=O)N2CCCC2)c1. The largest absolute Gasteiger partial charge is 0.352 e. The molecule has 0 spiro atoms. The van der Waals surface area contributed by atoms with Crippen molar-refractivity contribution in [2.75, 3.05) is 39.3 Å². The first-order valence-corrected chi connectivity index (χ1v) is 11.1. The van der Waals surface area contributed by atoms with Crippen LogP contribution in [0.3, 0.4) is 0 Å². The Balaban J connectivity index is 1.61. The predicted octanol–water partition coefficient (Wildman–Crippen LogP) is 2.34. The number of sulfonamides is 1. The molecule has 1 aromatic carbocycles. The third-order valence-electron chi connectivity index (χ3n) is 5.01. The Morgan fingerprint density at radius 2 is 1.73 bits per heavy atom. The minimum Gasteiger partial charge on any atom is -0.352 e. The van der Waals surface area contributed by atoms with Crippen LogP contribution in [0.4, 0.5) is 0 Å². The van der Waals surface area contributed by atoms with Gasteiger partial charge in [0.25, 0.3) is 5.91 Å². The number of likely N-dealkylation sites (tertiary alicyclic amines) is 1. The third kappa shape index (κ3) is 4.57. The molecule has 144 valence electrons. The van der Waals surface area contributed by atoms with Gasteiger partial charge in [0.05, 0.1) is 5.02 Å². The molecule has 0 atom stereocenters. The van der Waals surface area contributed by atoms with Crippen molar-refractivity contribution in [2.45, 2.75) is 37.0 Å². The summed E-state index contributed by atoms with van der Waals surface area (Å²) in [6, 6.07) is 4.45. The Labute approximate surface area is 160 Å². The molecule has 0 aromatic heterocycles. The molecule has 0 radical (unpaired) electrons. The summed E-state index contributed by atoms with van der Waals surface area (Å²) in [5, 5.41) is 3.03. The zero-order valence-corrected chi connectivity index (χ0v) is 16.5. The summed E-state index contributed by atoms with van der Waals surface area (Å²) in [6.07, 6.45) is 5.11. The number of nitrogens with one attached hydrogen (secondary N) is 1. The lowest BCUT2D eigenvalue weighted by Gasteiger charge is -2.17. The van der Waals surface area contributed by atoms with Crippen molar-refractivity contribution in [2.24, 2.45) is 0 Å². The maximum atomic E-state index is 12.7. The van der Waals surface area contributed by atoms with Gasteiger partial charge in [-0.15, -0.1) is 0 Å². The second-order valence-corrected chi connectivity index (χ2v) is 9.23. The average molecular weight is 400 g/mol. The highest BCUT2D eigenvalue weighted by atomic mass is 35.5. The number of nitrogens with zero attached hydrogens (tertiary/aromatic N) is 2. The monoisotopic (exact) mass is 399 g/mol. The van der Waals surface area contributed by atoms with Gasteiger partial charge >= 0.3 is 0 Å².